The summed E-state index contributed by atoms with van der Waals surface area (Å²) in [5.41, 5.74) is 0. The normalized spacial score (nSPS) is 11.3. The van der Waals surface area contributed by atoms with Crippen molar-refractivity contribution < 1.29 is 4.80 Å². The summed E-state index contributed by atoms with van der Waals surface area (Å²) in [5, 5.41) is 1.93. The van der Waals surface area contributed by atoms with Crippen LogP contribution in [0.2, 0.25) is 0 Å². The Kier molecular flexibility index (Phi) is 2.86. The summed E-state index contributed by atoms with van der Waals surface area (Å²) in [6.07, 6.45) is 0. The molecule has 0 aliphatic carbocycles. The molecule has 0 aromatic heterocycles. The lowest BCUT2D eigenvalue weighted by Crippen LogP contribution is -2.59. The van der Waals surface area contributed by atoms with Crippen LogP contribution in [0.5, 0.6) is 0 Å². The summed E-state index contributed by atoms with van der Waals surface area (Å²) in [5.74, 6) is 0. The molecular weight excluding hydrogens is 216 g/mol. The van der Waals surface area contributed by atoms with Gasteiger partial charge in [0.25, 0.3) is 0 Å². The van der Waals surface area contributed by atoms with Crippen LogP contribution in [0.25, 0.3) is 0 Å². The van der Waals surface area contributed by atoms with Gasteiger partial charge in [0.15, 0.2) is 0 Å². The maximum absolute atomic E-state index is 10.5. The van der Waals surface area contributed by atoms with Gasteiger partial charge in [-0.1, -0.05) is 60.7 Å². The standard InChI is InChI=1S/C12H11OSi2/c13-15(14,11-7-3-1-4-8-11)12-9-5-2-6-10-12/h1-10,13H. The van der Waals surface area contributed by atoms with E-state index < -0.39 is 7.83 Å². The van der Waals surface area contributed by atoms with Crippen molar-refractivity contribution in [2.45, 2.75) is 0 Å². The molecule has 2 aromatic carbocycles. The predicted octanol–water partition coefficient (Wildman–Crippen LogP) is 0.404. The fraction of sp³-hybridized carbons (Fsp3) is 0. The molecule has 15 heavy (non-hydrogen) atoms. The summed E-state index contributed by atoms with van der Waals surface area (Å²) in [6.45, 7) is 0. The van der Waals surface area contributed by atoms with E-state index in [2.05, 4.69) is 9.76 Å². The Morgan fingerprint density at radius 2 is 1.07 bits per heavy atom. The van der Waals surface area contributed by atoms with Gasteiger partial charge in [0, 0.05) is 0 Å². The Balaban J connectivity index is 2.44. The van der Waals surface area contributed by atoms with E-state index >= 15 is 0 Å². The van der Waals surface area contributed by atoms with Crippen LogP contribution < -0.4 is 10.4 Å². The van der Waals surface area contributed by atoms with Gasteiger partial charge >= 0.3 is 0 Å². The number of rotatable bonds is 2. The first-order valence-electron chi connectivity index (χ1n) is 4.79. The Labute approximate surface area is 93.7 Å². The van der Waals surface area contributed by atoms with Crippen LogP contribution in [0.3, 0.4) is 0 Å². The van der Waals surface area contributed by atoms with Gasteiger partial charge in [-0.25, -0.2) is 0 Å². The zero-order valence-corrected chi connectivity index (χ0v) is 10.2. The second-order valence-electron chi connectivity index (χ2n) is 3.44. The quantitative estimate of drug-likeness (QED) is 0.737. The predicted molar refractivity (Wildman–Crippen MR) is 65.9 cm³/mol. The molecule has 0 spiro atoms. The summed E-state index contributed by atoms with van der Waals surface area (Å²) in [4.78, 5) is 10.5. The molecule has 0 aliphatic rings. The summed E-state index contributed by atoms with van der Waals surface area (Å²) in [6, 6.07) is 19.5. The minimum atomic E-state index is -2.65. The van der Waals surface area contributed by atoms with Crippen molar-refractivity contribution in [1.82, 2.24) is 0 Å². The molecule has 0 saturated heterocycles. The molecule has 0 unspecified atom stereocenters. The van der Waals surface area contributed by atoms with Gasteiger partial charge in [-0.2, -0.15) is 0 Å². The van der Waals surface area contributed by atoms with Crippen LogP contribution in [0.15, 0.2) is 60.7 Å². The molecule has 0 fully saturated rings. The first-order chi connectivity index (χ1) is 7.21. The molecule has 0 heterocycles. The van der Waals surface area contributed by atoms with Gasteiger partial charge in [-0.3, -0.25) is 0 Å². The highest BCUT2D eigenvalue weighted by molar-refractivity contribution is 7.27. The molecule has 0 atom stereocenters. The van der Waals surface area contributed by atoms with E-state index in [9.17, 15) is 4.80 Å². The van der Waals surface area contributed by atoms with E-state index in [4.69, 9.17) is 0 Å². The maximum atomic E-state index is 10.5. The van der Waals surface area contributed by atoms with Crippen LogP contribution in [0.4, 0.5) is 0 Å². The van der Waals surface area contributed by atoms with Gasteiger partial charge in [-0.05, 0) is 10.4 Å². The smallest absolute Gasteiger partial charge is 0.227 e. The Morgan fingerprint density at radius 3 is 1.40 bits per heavy atom. The molecule has 1 nitrogen and oxygen atoms in total. The molecule has 3 radical (unpaired) electrons. The molecule has 0 saturated carbocycles. The van der Waals surface area contributed by atoms with E-state index in [0.29, 0.717) is 0 Å². The number of hydrogen-bond donors (Lipinski definition) is 1. The molecule has 0 bridgehead atoms. The van der Waals surface area contributed by atoms with Crippen LogP contribution >= 0.6 is 0 Å². The lowest BCUT2D eigenvalue weighted by Gasteiger charge is -2.21. The fourth-order valence-electron chi connectivity index (χ4n) is 1.53. The van der Waals surface area contributed by atoms with E-state index in [-0.39, 0.29) is 0 Å². The summed E-state index contributed by atoms with van der Waals surface area (Å²) < 4.78 is 0. The van der Waals surface area contributed by atoms with Gasteiger partial charge in [0.2, 0.25) is 7.83 Å². The largest absolute Gasteiger partial charge is 0.427 e. The maximum Gasteiger partial charge on any atom is 0.227 e. The molecule has 0 aliphatic heterocycles. The third-order valence-electron chi connectivity index (χ3n) is 2.38. The van der Waals surface area contributed by atoms with Crippen molar-refractivity contribution in [3.05, 3.63) is 60.7 Å². The average molecular weight is 227 g/mol. The van der Waals surface area contributed by atoms with Crippen molar-refractivity contribution in [2.24, 2.45) is 0 Å². The van der Waals surface area contributed by atoms with E-state index in [1.54, 1.807) is 0 Å². The molecule has 3 heteroatoms. The third kappa shape index (κ3) is 2.09. The second kappa shape index (κ2) is 4.14. The van der Waals surface area contributed by atoms with E-state index in [1.165, 1.54) is 0 Å². The highest BCUT2D eigenvalue weighted by Gasteiger charge is 2.28. The van der Waals surface area contributed by atoms with Gasteiger partial charge in [-0.15, -0.1) is 0 Å². The van der Waals surface area contributed by atoms with Crippen LogP contribution in [-0.4, -0.2) is 22.4 Å². The van der Waals surface area contributed by atoms with Crippen molar-refractivity contribution in [1.29, 1.82) is 0 Å². The van der Waals surface area contributed by atoms with E-state index in [0.717, 1.165) is 10.4 Å². The molecule has 1 N–H and O–H groups in total. The number of hydrogen-bond acceptors (Lipinski definition) is 1. The fourth-order valence-corrected chi connectivity index (χ4v) is 4.21. The summed E-state index contributed by atoms with van der Waals surface area (Å²) >= 11 is 0. The van der Waals surface area contributed by atoms with E-state index in [1.807, 2.05) is 60.7 Å². The SMILES string of the molecule is O[Si]([Si])(c1ccccc1)c1ccccc1. The van der Waals surface area contributed by atoms with Crippen LogP contribution in [0.1, 0.15) is 0 Å². The van der Waals surface area contributed by atoms with Crippen molar-refractivity contribution >= 4 is 28.0 Å². The third-order valence-corrected chi connectivity index (χ3v) is 6.45. The minimum Gasteiger partial charge on any atom is -0.427 e. The Bertz CT molecular complexity index is 384. The van der Waals surface area contributed by atoms with Gasteiger partial charge in [0.05, 0.1) is 9.76 Å². The molecule has 2 aromatic rings. The first kappa shape index (κ1) is 10.4. The van der Waals surface area contributed by atoms with Crippen molar-refractivity contribution in [2.75, 3.05) is 0 Å². The zero-order chi connectivity index (χ0) is 10.7. The topological polar surface area (TPSA) is 20.2 Å². The van der Waals surface area contributed by atoms with Crippen molar-refractivity contribution in [3.8, 4) is 0 Å². The first-order valence-corrected chi connectivity index (χ1v) is 8.24. The van der Waals surface area contributed by atoms with Crippen LogP contribution in [-0.2, 0) is 0 Å². The molecule has 73 valence electrons. The van der Waals surface area contributed by atoms with Crippen LogP contribution in [0, 0.1) is 0 Å². The minimum absolute atomic E-state index is 0.966. The molecule has 2 rings (SSSR count). The zero-order valence-electron chi connectivity index (χ0n) is 8.22. The molecular formula is C12H11OSi2. The Hall–Kier alpha value is -1.17. The number of benzene rings is 2. The summed E-state index contributed by atoms with van der Waals surface area (Å²) in [7, 11) is 0.900. The monoisotopic (exact) mass is 227 g/mol. The van der Waals surface area contributed by atoms with Gasteiger partial charge in [0.1, 0.15) is 0 Å². The lowest BCUT2D eigenvalue weighted by molar-refractivity contribution is 0.591. The second-order valence-corrected chi connectivity index (χ2v) is 8.19. The lowest BCUT2D eigenvalue weighted by atomic mass is 10.4. The van der Waals surface area contributed by atoms with Gasteiger partial charge < -0.3 is 4.80 Å². The van der Waals surface area contributed by atoms with Crippen molar-refractivity contribution in [3.63, 3.8) is 0 Å². The highest BCUT2D eigenvalue weighted by atomic mass is 29.2. The highest BCUT2D eigenvalue weighted by Crippen LogP contribution is 1.97. The Morgan fingerprint density at radius 1 is 0.733 bits per heavy atom. The molecule has 0 amide bonds. The average Bonchev–Trinajstić information content (AvgIpc) is 2.31.